The predicted octanol–water partition coefficient (Wildman–Crippen LogP) is 2.61. The minimum Gasteiger partial charge on any atom is -0.440 e. The lowest BCUT2D eigenvalue weighted by Crippen LogP contribution is -2.53. The van der Waals surface area contributed by atoms with Crippen molar-refractivity contribution in [1.82, 2.24) is 15.1 Å². The number of nitrogens with one attached hydrogen (secondary N) is 1. The van der Waals surface area contributed by atoms with Crippen molar-refractivity contribution < 1.29 is 28.3 Å². The van der Waals surface area contributed by atoms with E-state index in [1.165, 1.54) is 21.9 Å². The summed E-state index contributed by atoms with van der Waals surface area (Å²) in [7, 11) is 0. The number of furan rings is 1. The van der Waals surface area contributed by atoms with Gasteiger partial charge in [0.2, 0.25) is 5.91 Å². The maximum atomic E-state index is 13.7. The molecule has 1 aromatic heterocycles. The highest BCUT2D eigenvalue weighted by atomic mass is 35.5. The van der Waals surface area contributed by atoms with Crippen molar-refractivity contribution in [3.05, 3.63) is 52.9 Å². The van der Waals surface area contributed by atoms with Gasteiger partial charge in [-0.25, -0.2) is 0 Å². The Morgan fingerprint density at radius 3 is 2.38 bits per heavy atom. The van der Waals surface area contributed by atoms with Crippen LogP contribution in [0.15, 0.2) is 40.8 Å². The number of ether oxygens (including phenoxy) is 1. The second-order valence-electron chi connectivity index (χ2n) is 10.6. The van der Waals surface area contributed by atoms with E-state index >= 15 is 0 Å². The van der Waals surface area contributed by atoms with Gasteiger partial charge in [-0.2, -0.15) is 0 Å². The molecule has 1 aromatic carbocycles. The lowest BCUT2D eigenvalue weighted by atomic mass is 10.0. The van der Waals surface area contributed by atoms with Crippen molar-refractivity contribution in [1.29, 1.82) is 0 Å². The third-order valence-corrected chi connectivity index (χ3v) is 7.77. The van der Waals surface area contributed by atoms with E-state index in [0.29, 0.717) is 38.2 Å². The molecule has 3 unspecified atom stereocenters. The molecule has 0 spiro atoms. The number of likely N-dealkylation sites (tertiary alicyclic amines) is 2. The highest BCUT2D eigenvalue weighted by molar-refractivity contribution is 6.29. The number of morpholine rings is 1. The van der Waals surface area contributed by atoms with E-state index in [1.807, 2.05) is 26.0 Å². The van der Waals surface area contributed by atoms with Gasteiger partial charge in [-0.15, -0.1) is 0 Å². The number of ketones is 1. The molecular formula is C28H33ClN4O6. The van der Waals surface area contributed by atoms with Gasteiger partial charge in [-0.05, 0) is 66.8 Å². The third-order valence-electron chi connectivity index (χ3n) is 7.57. The van der Waals surface area contributed by atoms with E-state index in [2.05, 4.69) is 10.2 Å². The van der Waals surface area contributed by atoms with E-state index in [9.17, 15) is 19.2 Å². The Hall–Kier alpha value is -3.37. The molecule has 3 aliphatic heterocycles. The SMILES string of the molecule is CC(C)CC(NC(=O)c1ccc(N2CCOCC2)cc1)C(=O)N1CCC2C1C(=O)CN2C(=O)c1ccc(Cl)o1. The van der Waals surface area contributed by atoms with Crippen LogP contribution < -0.4 is 10.2 Å². The van der Waals surface area contributed by atoms with Crippen LogP contribution in [0, 0.1) is 5.92 Å². The number of anilines is 1. The first-order valence-corrected chi connectivity index (χ1v) is 13.7. The lowest BCUT2D eigenvalue weighted by molar-refractivity contribution is -0.138. The van der Waals surface area contributed by atoms with Gasteiger partial charge in [0.1, 0.15) is 12.1 Å². The maximum absolute atomic E-state index is 13.7. The van der Waals surface area contributed by atoms with Gasteiger partial charge < -0.3 is 29.2 Å². The molecule has 3 fully saturated rings. The molecule has 0 radical (unpaired) electrons. The molecule has 2 aromatic rings. The van der Waals surface area contributed by atoms with E-state index in [4.69, 9.17) is 20.8 Å². The fourth-order valence-electron chi connectivity index (χ4n) is 5.69. The van der Waals surface area contributed by atoms with Crippen LogP contribution in [-0.2, 0) is 14.3 Å². The Kier molecular flexibility index (Phi) is 7.95. The van der Waals surface area contributed by atoms with Crippen LogP contribution in [0.5, 0.6) is 0 Å². The molecule has 5 rings (SSSR count). The Labute approximate surface area is 232 Å². The number of hydrogen-bond donors (Lipinski definition) is 1. The van der Waals surface area contributed by atoms with E-state index in [0.717, 1.165) is 18.8 Å². The lowest BCUT2D eigenvalue weighted by Gasteiger charge is -2.29. The number of nitrogens with zero attached hydrogens (tertiary/aromatic N) is 3. The quantitative estimate of drug-likeness (QED) is 0.558. The van der Waals surface area contributed by atoms with Crippen molar-refractivity contribution in [3.63, 3.8) is 0 Å². The molecule has 0 aliphatic carbocycles. The van der Waals surface area contributed by atoms with Crippen molar-refractivity contribution in [2.45, 2.75) is 44.8 Å². The first-order valence-electron chi connectivity index (χ1n) is 13.4. The van der Waals surface area contributed by atoms with Crippen molar-refractivity contribution in [3.8, 4) is 0 Å². The van der Waals surface area contributed by atoms with Gasteiger partial charge in [0, 0.05) is 30.9 Å². The number of benzene rings is 1. The van der Waals surface area contributed by atoms with Crippen LogP contribution in [0.1, 0.15) is 47.6 Å². The molecule has 4 heterocycles. The summed E-state index contributed by atoms with van der Waals surface area (Å²) >= 11 is 5.82. The average molecular weight is 557 g/mol. The number of carbonyl (C=O) groups is 4. The minimum atomic E-state index is -0.795. The number of halogens is 1. The average Bonchev–Trinajstić information content (AvgIpc) is 3.65. The Morgan fingerprint density at radius 1 is 1.03 bits per heavy atom. The van der Waals surface area contributed by atoms with Crippen molar-refractivity contribution >= 4 is 40.8 Å². The van der Waals surface area contributed by atoms with Gasteiger partial charge in [0.25, 0.3) is 11.8 Å². The molecule has 3 aliphatic rings. The summed E-state index contributed by atoms with van der Waals surface area (Å²) in [5.74, 6) is -1.10. The van der Waals surface area contributed by atoms with Crippen LogP contribution in [0.2, 0.25) is 5.22 Å². The second-order valence-corrected chi connectivity index (χ2v) is 11.0. The fraction of sp³-hybridized carbons (Fsp3) is 0.500. The van der Waals surface area contributed by atoms with E-state index in [-0.39, 0.29) is 41.0 Å². The van der Waals surface area contributed by atoms with Crippen LogP contribution in [0.3, 0.4) is 0 Å². The smallest absolute Gasteiger partial charge is 0.290 e. The summed E-state index contributed by atoms with van der Waals surface area (Å²) in [6.45, 7) is 7.11. The molecule has 39 heavy (non-hydrogen) atoms. The standard InChI is InChI=1S/C28H33ClN4O6/c1-17(2)15-20(30-26(35)18-3-5-19(6-4-18)31-11-13-38-14-12-31)27(36)32-10-9-21-25(32)22(34)16-33(21)28(37)23-7-8-24(29)39-23/h3-8,17,20-21,25H,9-16H2,1-2H3,(H,30,35). The number of carbonyl (C=O) groups excluding carboxylic acids is 4. The van der Waals surface area contributed by atoms with Gasteiger partial charge >= 0.3 is 0 Å². The summed E-state index contributed by atoms with van der Waals surface area (Å²) in [5.41, 5.74) is 1.47. The first-order chi connectivity index (χ1) is 18.7. The van der Waals surface area contributed by atoms with Crippen LogP contribution in [0.4, 0.5) is 5.69 Å². The summed E-state index contributed by atoms with van der Waals surface area (Å²) in [5, 5.41) is 3.00. The molecular weight excluding hydrogens is 524 g/mol. The van der Waals surface area contributed by atoms with Crippen LogP contribution >= 0.6 is 11.6 Å². The number of fused-ring (bicyclic) bond motifs is 1. The Bertz CT molecular complexity index is 1240. The summed E-state index contributed by atoms with van der Waals surface area (Å²) in [6, 6.07) is 8.29. The zero-order chi connectivity index (χ0) is 27.7. The summed E-state index contributed by atoms with van der Waals surface area (Å²) in [4.78, 5) is 58.1. The molecule has 0 bridgehead atoms. The fourth-order valence-corrected chi connectivity index (χ4v) is 5.84. The van der Waals surface area contributed by atoms with Gasteiger partial charge in [0.15, 0.2) is 16.8 Å². The van der Waals surface area contributed by atoms with Gasteiger partial charge in [0.05, 0.1) is 25.8 Å². The second kappa shape index (κ2) is 11.4. The highest BCUT2D eigenvalue weighted by Gasteiger charge is 2.52. The highest BCUT2D eigenvalue weighted by Crippen LogP contribution is 2.32. The monoisotopic (exact) mass is 556 g/mol. The normalized spacial score (nSPS) is 21.8. The Morgan fingerprint density at radius 2 is 1.74 bits per heavy atom. The van der Waals surface area contributed by atoms with Gasteiger partial charge in [-0.3, -0.25) is 19.2 Å². The number of Topliss-reactive ketones (excluding diaryl/α,β-unsaturated/α-hetero) is 1. The molecule has 1 N–H and O–H groups in total. The number of rotatable bonds is 7. The maximum Gasteiger partial charge on any atom is 0.290 e. The zero-order valence-corrected chi connectivity index (χ0v) is 22.9. The summed E-state index contributed by atoms with van der Waals surface area (Å²) in [6.07, 6.45) is 0.889. The first kappa shape index (κ1) is 27.2. The molecule has 3 saturated heterocycles. The molecule has 0 saturated carbocycles. The third kappa shape index (κ3) is 5.67. The topological polar surface area (TPSA) is 112 Å². The molecule has 10 nitrogen and oxygen atoms in total. The van der Waals surface area contributed by atoms with Gasteiger partial charge in [-0.1, -0.05) is 13.8 Å². The summed E-state index contributed by atoms with van der Waals surface area (Å²) < 4.78 is 10.7. The van der Waals surface area contributed by atoms with Crippen LogP contribution in [-0.4, -0.2) is 90.8 Å². The largest absolute Gasteiger partial charge is 0.440 e. The predicted molar refractivity (Wildman–Crippen MR) is 144 cm³/mol. The molecule has 208 valence electrons. The molecule has 11 heteroatoms. The number of amides is 3. The van der Waals surface area contributed by atoms with Crippen molar-refractivity contribution in [2.24, 2.45) is 5.92 Å². The molecule has 3 amide bonds. The van der Waals surface area contributed by atoms with E-state index in [1.54, 1.807) is 12.1 Å². The number of hydrogen-bond acceptors (Lipinski definition) is 7. The van der Waals surface area contributed by atoms with Crippen LogP contribution in [0.25, 0.3) is 0 Å². The molecule has 3 atom stereocenters. The minimum absolute atomic E-state index is 0.0582. The zero-order valence-electron chi connectivity index (χ0n) is 22.1. The Balaban J connectivity index is 1.28. The van der Waals surface area contributed by atoms with Crippen molar-refractivity contribution in [2.75, 3.05) is 44.3 Å². The van der Waals surface area contributed by atoms with E-state index < -0.39 is 24.0 Å².